The van der Waals surface area contributed by atoms with Crippen LogP contribution in [0.2, 0.25) is 0 Å². The summed E-state index contributed by atoms with van der Waals surface area (Å²) in [7, 11) is 0. The highest BCUT2D eigenvalue weighted by molar-refractivity contribution is 5.78. The van der Waals surface area contributed by atoms with Gasteiger partial charge in [-0.15, -0.1) is 0 Å². The van der Waals surface area contributed by atoms with Gasteiger partial charge in [0.25, 0.3) is 0 Å². The molecule has 0 aliphatic carbocycles. The number of benzene rings is 1. The molecule has 1 atom stereocenters. The third-order valence-electron chi connectivity index (χ3n) is 4.60. The fourth-order valence-corrected chi connectivity index (χ4v) is 3.30. The number of hydrogen-bond acceptors (Lipinski definition) is 4. The van der Waals surface area contributed by atoms with Crippen molar-refractivity contribution in [3.05, 3.63) is 35.4 Å². The Morgan fingerprint density at radius 3 is 2.54 bits per heavy atom. The number of carbonyl (C=O) groups excluding carboxylic acids is 1. The minimum absolute atomic E-state index is 0.0194. The molecule has 2 rings (SSSR count). The van der Waals surface area contributed by atoms with Gasteiger partial charge in [-0.05, 0) is 36.9 Å². The molecule has 24 heavy (non-hydrogen) atoms. The third kappa shape index (κ3) is 4.81. The highest BCUT2D eigenvalue weighted by atomic mass is 16.2. The van der Waals surface area contributed by atoms with Gasteiger partial charge in [-0.3, -0.25) is 9.69 Å². The zero-order valence-corrected chi connectivity index (χ0v) is 14.2. The van der Waals surface area contributed by atoms with Crippen LogP contribution in [-0.2, 0) is 4.79 Å². The first-order chi connectivity index (χ1) is 11.7. The second-order valence-electron chi connectivity index (χ2n) is 6.27. The summed E-state index contributed by atoms with van der Waals surface area (Å²) < 4.78 is 0. The van der Waals surface area contributed by atoms with Gasteiger partial charge in [0.05, 0.1) is 31.5 Å². The highest BCUT2D eigenvalue weighted by Crippen LogP contribution is 2.29. The lowest BCUT2D eigenvalue weighted by Crippen LogP contribution is -2.40. The van der Waals surface area contributed by atoms with Gasteiger partial charge in [0, 0.05) is 19.6 Å². The second kappa shape index (κ2) is 9.05. The smallest absolute Gasteiger partial charge is 0.236 e. The van der Waals surface area contributed by atoms with Crippen LogP contribution in [0.15, 0.2) is 24.3 Å². The first-order valence-corrected chi connectivity index (χ1v) is 8.45. The van der Waals surface area contributed by atoms with Crippen LogP contribution in [0, 0.1) is 29.6 Å². The topological polar surface area (TPSA) is 71.1 Å². The number of nitriles is 2. The number of likely N-dealkylation sites (tertiary alicyclic amines) is 1. The van der Waals surface area contributed by atoms with Crippen LogP contribution in [0.25, 0.3) is 0 Å². The first-order valence-electron chi connectivity index (χ1n) is 8.45. The Labute approximate surface area is 144 Å². The van der Waals surface area contributed by atoms with Crippen molar-refractivity contribution in [2.24, 2.45) is 0 Å². The number of amides is 1. The van der Waals surface area contributed by atoms with Gasteiger partial charge in [-0.1, -0.05) is 24.3 Å². The molecule has 1 unspecified atom stereocenters. The monoisotopic (exact) mass is 324 g/mol. The van der Waals surface area contributed by atoms with Crippen molar-refractivity contribution in [3.8, 4) is 12.1 Å². The zero-order valence-electron chi connectivity index (χ0n) is 14.2. The Bertz CT molecular complexity index is 626. The Morgan fingerprint density at radius 2 is 1.92 bits per heavy atom. The van der Waals surface area contributed by atoms with Crippen LogP contribution < -0.4 is 0 Å². The maximum atomic E-state index is 12.5. The molecule has 126 valence electrons. The fraction of sp³-hybridized carbons (Fsp3) is 0.526. The summed E-state index contributed by atoms with van der Waals surface area (Å²) in [6, 6.07) is 12.6. The number of rotatable bonds is 7. The van der Waals surface area contributed by atoms with Gasteiger partial charge in [-0.25, -0.2) is 0 Å². The van der Waals surface area contributed by atoms with Crippen molar-refractivity contribution in [2.45, 2.75) is 32.1 Å². The van der Waals surface area contributed by atoms with Crippen LogP contribution in [-0.4, -0.2) is 48.4 Å². The molecule has 1 fully saturated rings. The van der Waals surface area contributed by atoms with Crippen LogP contribution in [0.3, 0.4) is 0 Å². The summed E-state index contributed by atoms with van der Waals surface area (Å²) in [5, 5.41) is 17.5. The summed E-state index contributed by atoms with van der Waals surface area (Å²) in [6.45, 7) is 5.13. The van der Waals surface area contributed by atoms with E-state index >= 15 is 0 Å². The molecule has 0 bridgehead atoms. The summed E-state index contributed by atoms with van der Waals surface area (Å²) in [5.74, 6) is 0.497. The molecule has 0 saturated carbocycles. The molecule has 1 saturated heterocycles. The molecule has 1 aliphatic rings. The Morgan fingerprint density at radius 1 is 1.25 bits per heavy atom. The van der Waals surface area contributed by atoms with E-state index in [1.54, 1.807) is 4.90 Å². The minimum Gasteiger partial charge on any atom is -0.340 e. The normalized spacial score (nSPS) is 17.2. The molecule has 0 N–H and O–H groups in total. The SMILES string of the molecule is Cc1ccccc1C1CCN(CC(=O)N(CCC#N)CCC#N)C1. The van der Waals surface area contributed by atoms with Crippen molar-refractivity contribution in [2.75, 3.05) is 32.7 Å². The van der Waals surface area contributed by atoms with E-state index in [-0.39, 0.29) is 5.91 Å². The summed E-state index contributed by atoms with van der Waals surface area (Å²) in [5.41, 5.74) is 2.68. The maximum Gasteiger partial charge on any atom is 0.236 e. The lowest BCUT2D eigenvalue weighted by Gasteiger charge is -2.24. The van der Waals surface area contributed by atoms with Crippen molar-refractivity contribution < 1.29 is 4.79 Å². The molecule has 0 aromatic heterocycles. The number of hydrogen-bond donors (Lipinski definition) is 0. The molecule has 1 heterocycles. The number of aryl methyl sites for hydroxylation is 1. The highest BCUT2D eigenvalue weighted by Gasteiger charge is 2.27. The van der Waals surface area contributed by atoms with E-state index in [0.29, 0.717) is 38.4 Å². The number of nitrogens with zero attached hydrogens (tertiary/aromatic N) is 4. The lowest BCUT2D eigenvalue weighted by molar-refractivity contribution is -0.132. The average molecular weight is 324 g/mol. The molecular weight excluding hydrogens is 300 g/mol. The first kappa shape index (κ1) is 18.0. The molecule has 1 amide bonds. The van der Waals surface area contributed by atoms with Crippen LogP contribution in [0.5, 0.6) is 0 Å². The van der Waals surface area contributed by atoms with Crippen LogP contribution >= 0.6 is 0 Å². The predicted molar refractivity (Wildman–Crippen MR) is 92.0 cm³/mol. The van der Waals surface area contributed by atoms with E-state index in [1.165, 1.54) is 11.1 Å². The average Bonchev–Trinajstić information content (AvgIpc) is 3.03. The van der Waals surface area contributed by atoms with Crippen molar-refractivity contribution in [1.82, 2.24) is 9.80 Å². The lowest BCUT2D eigenvalue weighted by atomic mass is 9.94. The molecule has 1 aromatic rings. The second-order valence-corrected chi connectivity index (χ2v) is 6.27. The Kier molecular flexibility index (Phi) is 6.78. The fourth-order valence-electron chi connectivity index (χ4n) is 3.30. The van der Waals surface area contributed by atoms with Crippen molar-refractivity contribution in [1.29, 1.82) is 10.5 Å². The van der Waals surface area contributed by atoms with Gasteiger partial charge >= 0.3 is 0 Å². The minimum atomic E-state index is 0.0194. The molecular formula is C19H24N4O. The Balaban J connectivity index is 1.91. The van der Waals surface area contributed by atoms with Gasteiger partial charge in [0.1, 0.15) is 0 Å². The van der Waals surface area contributed by atoms with Gasteiger partial charge in [0.2, 0.25) is 5.91 Å². The molecule has 5 heteroatoms. The van der Waals surface area contributed by atoms with E-state index in [1.807, 2.05) is 0 Å². The van der Waals surface area contributed by atoms with Crippen LogP contribution in [0.4, 0.5) is 0 Å². The van der Waals surface area contributed by atoms with E-state index in [9.17, 15) is 4.79 Å². The zero-order chi connectivity index (χ0) is 17.4. The summed E-state index contributed by atoms with van der Waals surface area (Å²) in [6.07, 6.45) is 1.68. The molecule has 1 aliphatic heterocycles. The van der Waals surface area contributed by atoms with E-state index in [2.05, 4.69) is 48.2 Å². The van der Waals surface area contributed by atoms with Gasteiger partial charge in [-0.2, -0.15) is 10.5 Å². The van der Waals surface area contributed by atoms with Gasteiger partial charge in [0.15, 0.2) is 0 Å². The molecule has 0 spiro atoms. The van der Waals surface area contributed by atoms with E-state index in [4.69, 9.17) is 10.5 Å². The van der Waals surface area contributed by atoms with E-state index in [0.717, 1.165) is 19.5 Å². The predicted octanol–water partition coefficient (Wildman–Crippen LogP) is 2.44. The Hall–Kier alpha value is -2.37. The summed E-state index contributed by atoms with van der Waals surface area (Å²) >= 11 is 0. The number of carbonyl (C=O) groups is 1. The molecule has 5 nitrogen and oxygen atoms in total. The molecule has 1 aromatic carbocycles. The molecule has 0 radical (unpaired) electrons. The largest absolute Gasteiger partial charge is 0.340 e. The maximum absolute atomic E-state index is 12.5. The quantitative estimate of drug-likeness (QED) is 0.772. The third-order valence-corrected chi connectivity index (χ3v) is 4.60. The van der Waals surface area contributed by atoms with Gasteiger partial charge < -0.3 is 4.90 Å². The van der Waals surface area contributed by atoms with Crippen molar-refractivity contribution in [3.63, 3.8) is 0 Å². The summed E-state index contributed by atoms with van der Waals surface area (Å²) in [4.78, 5) is 16.3. The van der Waals surface area contributed by atoms with E-state index < -0.39 is 0 Å². The standard InChI is InChI=1S/C19H24N4O/c1-16-6-2-3-7-18(16)17-8-13-22(14-17)15-19(24)23(11-4-9-20)12-5-10-21/h2-3,6-7,17H,4-5,8,11-15H2,1H3. The van der Waals surface area contributed by atoms with Crippen LogP contribution in [0.1, 0.15) is 36.3 Å². The van der Waals surface area contributed by atoms with Crippen molar-refractivity contribution >= 4 is 5.91 Å².